The van der Waals surface area contributed by atoms with E-state index < -0.39 is 37.8 Å². The van der Waals surface area contributed by atoms with E-state index in [1.54, 1.807) is 6.07 Å². The van der Waals surface area contributed by atoms with Crippen molar-refractivity contribution >= 4 is 30.9 Å². The molecule has 7 nitrogen and oxygen atoms in total. The number of hydrogen-bond donors (Lipinski definition) is 3. The van der Waals surface area contributed by atoms with Crippen LogP contribution in [0.25, 0.3) is 0 Å². The zero-order valence-corrected chi connectivity index (χ0v) is 17.9. The predicted molar refractivity (Wildman–Crippen MR) is 109 cm³/mol. The number of aromatic nitrogens is 1. The Labute approximate surface area is 173 Å². The Hall–Kier alpha value is -2.85. The van der Waals surface area contributed by atoms with Crippen LogP contribution < -0.4 is 10.5 Å². The smallest absolute Gasteiger partial charge is 0.408 e. The summed E-state index contributed by atoms with van der Waals surface area (Å²) < 4.78 is 29.1. The van der Waals surface area contributed by atoms with Gasteiger partial charge in [-0.05, 0) is 18.2 Å². The fraction of sp³-hybridized carbons (Fsp3) is 0.350. The van der Waals surface area contributed by atoms with Gasteiger partial charge in [0.15, 0.2) is 0 Å². The first-order valence-electron chi connectivity index (χ1n) is 9.42. The minimum atomic E-state index is -2.28. The lowest BCUT2D eigenvalue weighted by Gasteiger charge is -2.34. The summed E-state index contributed by atoms with van der Waals surface area (Å²) in [7, 11) is -2.28. The number of nitrogens with zero attached hydrogens (tertiary/aromatic N) is 2. The van der Waals surface area contributed by atoms with E-state index in [1.165, 1.54) is 6.07 Å². The summed E-state index contributed by atoms with van der Waals surface area (Å²) in [6.07, 6.45) is -1.01. The van der Waals surface area contributed by atoms with Crippen molar-refractivity contribution in [3.05, 3.63) is 52.9 Å². The van der Waals surface area contributed by atoms with Gasteiger partial charge in [0.05, 0.1) is 20.4 Å². The lowest BCUT2D eigenvalue weighted by Crippen LogP contribution is -2.45. The summed E-state index contributed by atoms with van der Waals surface area (Å²) in [4.78, 5) is 29.9. The maximum Gasteiger partial charge on any atom is 0.408 e. The number of nitrogens with one attached hydrogen (secondary N) is 1. The molecule has 1 atom stereocenters. The second-order valence-electron chi connectivity index (χ2n) is 8.18. The fourth-order valence-corrected chi connectivity index (χ4v) is 5.26. The summed E-state index contributed by atoms with van der Waals surface area (Å²) >= 11 is 0. The number of aliphatic hydroxyl groups excluding tert-OH is 1. The molecule has 3 rings (SSSR count). The van der Waals surface area contributed by atoms with E-state index in [9.17, 15) is 28.6 Å². The molecule has 160 valence electrons. The van der Waals surface area contributed by atoms with E-state index in [2.05, 4.69) is 10.3 Å². The normalized spacial score (nSPS) is 16.2. The van der Waals surface area contributed by atoms with Crippen molar-refractivity contribution in [1.82, 2.24) is 9.88 Å². The first kappa shape index (κ1) is 21.8. The topological polar surface area (TPSA) is 103 Å². The first-order chi connectivity index (χ1) is 14.0. The molecule has 0 saturated heterocycles. The monoisotopic (exact) mass is 435 g/mol. The Bertz CT molecular complexity index is 987. The standard InChI is InChI=1S/C20H23F2N3O4Si/c1-30(2,3)18-14(21)8-12(9-15(18)22)24-19(27)17-13-5-4-11(10-26)23-16(13)6-7-25(17)20(28)29/h4-5,8-9,17,26H,6-7,10H2,1-3H3,(H,24,27)(H,28,29). The number of halogens is 2. The molecule has 1 aliphatic rings. The lowest BCUT2D eigenvalue weighted by atomic mass is 9.96. The van der Waals surface area contributed by atoms with Gasteiger partial charge in [-0.3, -0.25) is 14.7 Å². The summed E-state index contributed by atoms with van der Waals surface area (Å²) in [6.45, 7) is 5.17. The quantitative estimate of drug-likeness (QED) is 0.641. The third-order valence-electron chi connectivity index (χ3n) is 4.98. The zero-order chi connectivity index (χ0) is 22.2. The van der Waals surface area contributed by atoms with Gasteiger partial charge in [-0.1, -0.05) is 25.7 Å². The Morgan fingerprint density at radius 2 is 1.87 bits per heavy atom. The number of aliphatic hydroxyl groups is 1. The summed E-state index contributed by atoms with van der Waals surface area (Å²) in [5.74, 6) is -2.22. The van der Waals surface area contributed by atoms with Crippen LogP contribution in [-0.2, 0) is 17.8 Å². The third kappa shape index (κ3) is 4.19. The van der Waals surface area contributed by atoms with Gasteiger partial charge in [0.25, 0.3) is 5.91 Å². The third-order valence-corrected chi connectivity index (χ3v) is 6.96. The number of carbonyl (C=O) groups excluding carboxylic acids is 1. The zero-order valence-electron chi connectivity index (χ0n) is 16.9. The van der Waals surface area contributed by atoms with Crippen LogP contribution in [0.4, 0.5) is 19.3 Å². The van der Waals surface area contributed by atoms with E-state index in [1.807, 2.05) is 19.6 Å². The SMILES string of the molecule is C[Si](C)(C)c1c(F)cc(NC(=O)C2c3ccc(CO)nc3CCN2C(=O)O)cc1F. The van der Waals surface area contributed by atoms with Crippen molar-refractivity contribution in [2.45, 2.75) is 38.7 Å². The van der Waals surface area contributed by atoms with Crippen molar-refractivity contribution in [2.24, 2.45) is 0 Å². The highest BCUT2D eigenvalue weighted by Crippen LogP contribution is 2.30. The molecule has 1 aliphatic heterocycles. The number of hydrogen-bond acceptors (Lipinski definition) is 4. The van der Waals surface area contributed by atoms with E-state index in [-0.39, 0.29) is 30.4 Å². The second kappa shape index (κ2) is 8.11. The van der Waals surface area contributed by atoms with Gasteiger partial charge in [-0.25, -0.2) is 13.6 Å². The number of amides is 2. The molecule has 30 heavy (non-hydrogen) atoms. The van der Waals surface area contributed by atoms with E-state index in [4.69, 9.17) is 0 Å². The van der Waals surface area contributed by atoms with Crippen LogP contribution in [0.1, 0.15) is 23.0 Å². The molecular formula is C20H23F2N3O4Si. The minimum absolute atomic E-state index is 0.0274. The number of fused-ring (bicyclic) bond motifs is 1. The average molecular weight is 436 g/mol. The van der Waals surface area contributed by atoms with Gasteiger partial charge in [-0.2, -0.15) is 0 Å². The Balaban J connectivity index is 1.96. The number of anilines is 1. The molecular weight excluding hydrogens is 412 g/mol. The molecule has 0 bridgehead atoms. The van der Waals surface area contributed by atoms with E-state index in [0.29, 0.717) is 17.0 Å². The van der Waals surface area contributed by atoms with Crippen molar-refractivity contribution in [2.75, 3.05) is 11.9 Å². The first-order valence-corrected chi connectivity index (χ1v) is 12.9. The maximum atomic E-state index is 14.5. The number of carboxylic acid groups (broad SMARTS) is 1. The average Bonchev–Trinajstić information content (AvgIpc) is 2.64. The van der Waals surface area contributed by atoms with Gasteiger partial charge >= 0.3 is 6.09 Å². The Morgan fingerprint density at radius 3 is 2.40 bits per heavy atom. The minimum Gasteiger partial charge on any atom is -0.465 e. The summed E-state index contributed by atoms with van der Waals surface area (Å²) in [5, 5.41) is 21.3. The largest absolute Gasteiger partial charge is 0.465 e. The molecule has 2 heterocycles. The molecule has 0 radical (unpaired) electrons. The van der Waals surface area contributed by atoms with Crippen molar-refractivity contribution < 1.29 is 28.6 Å². The molecule has 0 aliphatic carbocycles. The number of carbonyl (C=O) groups is 2. The Kier molecular flexibility index (Phi) is 5.91. The molecule has 10 heteroatoms. The van der Waals surface area contributed by atoms with Gasteiger partial charge < -0.3 is 15.5 Å². The molecule has 0 saturated carbocycles. The summed E-state index contributed by atoms with van der Waals surface area (Å²) in [5.41, 5.74) is 1.20. The summed E-state index contributed by atoms with van der Waals surface area (Å²) in [6, 6.07) is 3.93. The van der Waals surface area contributed by atoms with Crippen molar-refractivity contribution in [3.8, 4) is 0 Å². The predicted octanol–water partition coefficient (Wildman–Crippen LogP) is 2.61. The van der Waals surface area contributed by atoms with Gasteiger partial charge in [0, 0.05) is 35.1 Å². The van der Waals surface area contributed by atoms with Gasteiger partial charge in [0.2, 0.25) is 0 Å². The fourth-order valence-electron chi connectivity index (χ4n) is 3.68. The second-order valence-corrected chi connectivity index (χ2v) is 13.2. The molecule has 2 amide bonds. The lowest BCUT2D eigenvalue weighted by molar-refractivity contribution is -0.121. The number of pyridine rings is 1. The van der Waals surface area contributed by atoms with Gasteiger partial charge in [0.1, 0.15) is 17.7 Å². The highest BCUT2D eigenvalue weighted by molar-refractivity contribution is 6.88. The molecule has 0 fully saturated rings. The molecule has 0 spiro atoms. The molecule has 1 aromatic carbocycles. The van der Waals surface area contributed by atoms with E-state index >= 15 is 0 Å². The van der Waals surface area contributed by atoms with Crippen molar-refractivity contribution in [1.29, 1.82) is 0 Å². The van der Waals surface area contributed by atoms with Crippen LogP contribution in [0.15, 0.2) is 24.3 Å². The molecule has 1 aromatic heterocycles. The van der Waals surface area contributed by atoms with Gasteiger partial charge in [-0.15, -0.1) is 0 Å². The highest BCUT2D eigenvalue weighted by atomic mass is 28.3. The molecule has 3 N–H and O–H groups in total. The Morgan fingerprint density at radius 1 is 1.23 bits per heavy atom. The molecule has 1 unspecified atom stereocenters. The maximum absolute atomic E-state index is 14.5. The number of benzene rings is 1. The van der Waals surface area contributed by atoms with Crippen molar-refractivity contribution in [3.63, 3.8) is 0 Å². The van der Waals surface area contributed by atoms with Crippen LogP contribution >= 0.6 is 0 Å². The van der Waals surface area contributed by atoms with E-state index in [0.717, 1.165) is 17.0 Å². The highest BCUT2D eigenvalue weighted by Gasteiger charge is 2.37. The molecule has 2 aromatic rings. The van der Waals surface area contributed by atoms with Crippen LogP contribution in [0, 0.1) is 11.6 Å². The number of rotatable bonds is 4. The van der Waals surface area contributed by atoms with Crippen LogP contribution in [0.2, 0.25) is 19.6 Å². The van der Waals surface area contributed by atoms with Crippen LogP contribution in [0.3, 0.4) is 0 Å². The van der Waals surface area contributed by atoms with Crippen LogP contribution in [0.5, 0.6) is 0 Å². The van der Waals surface area contributed by atoms with Crippen LogP contribution in [-0.4, -0.2) is 46.7 Å².